The van der Waals surface area contributed by atoms with E-state index in [9.17, 15) is 22.4 Å². The zero-order chi connectivity index (χ0) is 28.6. The van der Waals surface area contributed by atoms with Gasteiger partial charge in [0.15, 0.2) is 0 Å². The third-order valence-electron chi connectivity index (χ3n) is 7.95. The van der Waals surface area contributed by atoms with Gasteiger partial charge in [0.1, 0.15) is 5.75 Å². The quantitative estimate of drug-likeness (QED) is 0.241. The monoisotopic (exact) mass is 566 g/mol. The standard InChI is InChI=1S/C29H34F4N4O3.2H2/c1-17-10-25(39-2)22(20-6-7-34-27(17)20)14-37-9-8-36(16-26(30)31)15-24(37)18-4-5-21(28(38)40-3)23(11-18)35-19-12-29(32,33)13-19;;/h4-7,10-11,19,24,26,34-35H,8-9,12-16H2,1-3H3;2*1H/t24-;;/m0../s1. The Kier molecular flexibility index (Phi) is 7.96. The largest absolute Gasteiger partial charge is 0.496 e. The number of methoxy groups -OCH3 is 2. The van der Waals surface area contributed by atoms with E-state index in [-0.39, 0.29) is 33.8 Å². The highest BCUT2D eigenvalue weighted by molar-refractivity contribution is 5.96. The molecule has 1 saturated carbocycles. The molecule has 0 unspecified atom stereocenters. The van der Waals surface area contributed by atoms with Crippen LogP contribution in [0.4, 0.5) is 23.2 Å². The second-order valence-electron chi connectivity index (χ2n) is 10.7. The minimum atomic E-state index is -2.73. The van der Waals surface area contributed by atoms with E-state index in [1.54, 1.807) is 30.2 Å². The molecule has 1 atom stereocenters. The number of halogens is 4. The maximum atomic E-state index is 13.5. The molecule has 0 spiro atoms. The van der Waals surface area contributed by atoms with Gasteiger partial charge in [-0.15, -0.1) is 0 Å². The average Bonchev–Trinajstić information content (AvgIpc) is 3.40. The fourth-order valence-electron chi connectivity index (χ4n) is 5.89. The number of H-pyrrole nitrogens is 1. The number of aryl methyl sites for hydroxylation is 1. The maximum Gasteiger partial charge on any atom is 0.339 e. The molecule has 7 nitrogen and oxygen atoms in total. The number of carbonyl (C=O) groups is 1. The van der Waals surface area contributed by atoms with Gasteiger partial charge in [-0.2, -0.15) is 0 Å². The highest BCUT2D eigenvalue weighted by Gasteiger charge is 2.45. The van der Waals surface area contributed by atoms with Crippen molar-refractivity contribution in [3.63, 3.8) is 0 Å². The number of alkyl halides is 4. The summed E-state index contributed by atoms with van der Waals surface area (Å²) in [6.45, 7) is 3.49. The molecule has 40 heavy (non-hydrogen) atoms. The molecule has 3 aromatic rings. The summed E-state index contributed by atoms with van der Waals surface area (Å²) in [4.78, 5) is 19.7. The fourth-order valence-corrected chi connectivity index (χ4v) is 5.89. The number of aromatic nitrogens is 1. The van der Waals surface area contributed by atoms with E-state index in [1.807, 2.05) is 25.3 Å². The van der Waals surface area contributed by atoms with Crippen molar-refractivity contribution in [2.45, 2.75) is 50.7 Å². The number of esters is 1. The molecule has 2 heterocycles. The molecule has 0 bridgehead atoms. The molecule has 1 aromatic heterocycles. The predicted molar refractivity (Wildman–Crippen MR) is 149 cm³/mol. The summed E-state index contributed by atoms with van der Waals surface area (Å²) in [7, 11) is 2.89. The van der Waals surface area contributed by atoms with Gasteiger partial charge >= 0.3 is 5.97 Å². The third kappa shape index (κ3) is 5.76. The van der Waals surface area contributed by atoms with Crippen LogP contribution in [0.15, 0.2) is 36.5 Å². The minimum Gasteiger partial charge on any atom is -0.496 e. The number of hydrogen-bond acceptors (Lipinski definition) is 6. The maximum absolute atomic E-state index is 13.5. The molecule has 5 rings (SSSR count). The normalized spacial score (nSPS) is 20.1. The Balaban J connectivity index is 0.00000242. The van der Waals surface area contributed by atoms with Crippen LogP contribution < -0.4 is 10.1 Å². The third-order valence-corrected chi connectivity index (χ3v) is 7.95. The number of carbonyl (C=O) groups excluding carboxylic acids is 1. The van der Waals surface area contributed by atoms with Crippen LogP contribution in [-0.4, -0.2) is 79.5 Å². The SMILES string of the molecule is COC(=O)c1ccc([C@@H]2CN(CC(F)F)CCN2Cc2c(OC)cc(C)c3[nH]ccc23)cc1NC1CC(F)(F)C1.[HH].[HH]. The lowest BCUT2D eigenvalue weighted by Gasteiger charge is -2.42. The molecule has 2 fully saturated rings. The molecule has 1 saturated heterocycles. The first-order valence-corrected chi connectivity index (χ1v) is 13.3. The number of anilines is 1. The summed E-state index contributed by atoms with van der Waals surface area (Å²) in [6, 6.07) is 8.37. The summed E-state index contributed by atoms with van der Waals surface area (Å²) in [5.74, 6) is -2.57. The van der Waals surface area contributed by atoms with E-state index >= 15 is 0 Å². The van der Waals surface area contributed by atoms with Gasteiger partial charge in [-0.25, -0.2) is 22.4 Å². The summed E-state index contributed by atoms with van der Waals surface area (Å²) in [5, 5.41) is 4.12. The smallest absolute Gasteiger partial charge is 0.339 e. The summed E-state index contributed by atoms with van der Waals surface area (Å²) < 4.78 is 64.5. The van der Waals surface area contributed by atoms with Gasteiger partial charge in [0.05, 0.1) is 26.3 Å². The lowest BCUT2D eigenvalue weighted by atomic mass is 9.87. The van der Waals surface area contributed by atoms with Crippen molar-refractivity contribution in [3.8, 4) is 5.75 Å². The van der Waals surface area contributed by atoms with Gasteiger partial charge in [-0.1, -0.05) is 6.07 Å². The Morgan fingerprint density at radius 1 is 1.20 bits per heavy atom. The van der Waals surface area contributed by atoms with Crippen LogP contribution in [0.3, 0.4) is 0 Å². The highest BCUT2D eigenvalue weighted by atomic mass is 19.3. The van der Waals surface area contributed by atoms with Gasteiger partial charge in [0.25, 0.3) is 12.3 Å². The summed E-state index contributed by atoms with van der Waals surface area (Å²) in [5.41, 5.74) is 4.47. The Bertz CT molecular complexity index is 1380. The van der Waals surface area contributed by atoms with Crippen molar-refractivity contribution in [2.75, 3.05) is 45.7 Å². The number of piperazine rings is 1. The van der Waals surface area contributed by atoms with Gasteiger partial charge < -0.3 is 19.8 Å². The molecule has 1 aliphatic carbocycles. The topological polar surface area (TPSA) is 69.8 Å². The van der Waals surface area contributed by atoms with Crippen LogP contribution in [0.2, 0.25) is 0 Å². The number of nitrogens with zero attached hydrogens (tertiary/aromatic N) is 2. The molecule has 2 N–H and O–H groups in total. The molecule has 11 heteroatoms. The molecule has 2 aromatic carbocycles. The second-order valence-corrected chi connectivity index (χ2v) is 10.7. The van der Waals surface area contributed by atoms with Crippen molar-refractivity contribution in [2.24, 2.45) is 0 Å². The Morgan fingerprint density at radius 2 is 1.98 bits per heavy atom. The van der Waals surface area contributed by atoms with Gasteiger partial charge in [0.2, 0.25) is 0 Å². The van der Waals surface area contributed by atoms with E-state index in [4.69, 9.17) is 9.47 Å². The molecule has 1 aliphatic heterocycles. The average molecular weight is 567 g/mol. The molecule has 0 radical (unpaired) electrons. The van der Waals surface area contributed by atoms with E-state index in [2.05, 4.69) is 15.2 Å². The fraction of sp³-hybridized carbons (Fsp3) is 0.483. The van der Waals surface area contributed by atoms with E-state index in [0.717, 1.165) is 33.3 Å². The number of rotatable bonds is 9. The zero-order valence-corrected chi connectivity index (χ0v) is 22.8. The van der Waals surface area contributed by atoms with E-state index in [1.165, 1.54) is 7.11 Å². The van der Waals surface area contributed by atoms with Crippen molar-refractivity contribution < 1.29 is 34.7 Å². The Hall–Kier alpha value is -3.31. The number of hydrogen-bond donors (Lipinski definition) is 2. The Morgan fingerprint density at radius 3 is 2.65 bits per heavy atom. The number of fused-ring (bicyclic) bond motifs is 1. The van der Waals surface area contributed by atoms with Crippen molar-refractivity contribution in [1.82, 2.24) is 14.8 Å². The first-order valence-electron chi connectivity index (χ1n) is 13.3. The van der Waals surface area contributed by atoms with Crippen LogP contribution in [0, 0.1) is 6.92 Å². The van der Waals surface area contributed by atoms with Gasteiger partial charge in [-0.05, 0) is 42.3 Å². The van der Waals surface area contributed by atoms with Crippen molar-refractivity contribution >= 4 is 22.6 Å². The van der Waals surface area contributed by atoms with Crippen LogP contribution in [0.25, 0.3) is 10.9 Å². The van der Waals surface area contributed by atoms with Crippen molar-refractivity contribution in [1.29, 1.82) is 0 Å². The van der Waals surface area contributed by atoms with Crippen LogP contribution in [-0.2, 0) is 11.3 Å². The van der Waals surface area contributed by atoms with Crippen LogP contribution in [0.1, 0.15) is 48.8 Å². The molecule has 0 amide bonds. The number of aromatic amines is 1. The predicted octanol–water partition coefficient (Wildman–Crippen LogP) is 6.10. The molecular formula is C29H38F4N4O3. The minimum absolute atomic E-state index is 0. The first-order chi connectivity index (χ1) is 19.1. The Labute approximate surface area is 233 Å². The molecule has 2 aliphatic rings. The van der Waals surface area contributed by atoms with Crippen LogP contribution in [0.5, 0.6) is 5.75 Å². The molecular weight excluding hydrogens is 528 g/mol. The van der Waals surface area contributed by atoms with E-state index < -0.39 is 24.4 Å². The lowest BCUT2D eigenvalue weighted by molar-refractivity contribution is -0.0793. The van der Waals surface area contributed by atoms with E-state index in [0.29, 0.717) is 31.9 Å². The zero-order valence-electron chi connectivity index (χ0n) is 22.8. The van der Waals surface area contributed by atoms with Gasteiger partial charge in [-0.3, -0.25) is 9.80 Å². The second kappa shape index (κ2) is 11.3. The highest BCUT2D eigenvalue weighted by Crippen LogP contribution is 2.41. The summed E-state index contributed by atoms with van der Waals surface area (Å²) >= 11 is 0. The lowest BCUT2D eigenvalue weighted by Crippen LogP contribution is -2.49. The van der Waals surface area contributed by atoms with Crippen molar-refractivity contribution in [3.05, 3.63) is 58.8 Å². The van der Waals surface area contributed by atoms with Gasteiger partial charge in [0, 0.05) is 82.3 Å². The number of nitrogens with one attached hydrogen (secondary N) is 2. The number of ether oxygens (including phenoxy) is 2. The number of benzene rings is 2. The first kappa shape index (κ1) is 28.2. The molecule has 220 valence electrons. The van der Waals surface area contributed by atoms with Crippen LogP contribution >= 0.6 is 0 Å². The summed E-state index contributed by atoms with van der Waals surface area (Å²) in [6.07, 6.45) is -1.24.